The number of rotatable bonds is 8. The van der Waals surface area contributed by atoms with Crippen molar-refractivity contribution in [1.82, 2.24) is 5.32 Å². The number of hydrogen-bond donors (Lipinski definition) is 1. The molecule has 1 heterocycles. The van der Waals surface area contributed by atoms with E-state index in [9.17, 15) is 13.2 Å². The number of anilines is 1. The van der Waals surface area contributed by atoms with E-state index in [1.54, 1.807) is 31.2 Å². The molecule has 2 aromatic carbocycles. The molecular formula is C22H28N2O6S. The van der Waals surface area contributed by atoms with Crippen molar-refractivity contribution in [3.05, 3.63) is 48.0 Å². The number of methoxy groups -OCH3 is 1. The van der Waals surface area contributed by atoms with Crippen molar-refractivity contribution < 1.29 is 27.4 Å². The Kier molecular flexibility index (Phi) is 6.94. The van der Waals surface area contributed by atoms with Gasteiger partial charge in [0.15, 0.2) is 11.5 Å². The van der Waals surface area contributed by atoms with Gasteiger partial charge in [-0.25, -0.2) is 8.42 Å². The highest BCUT2D eigenvalue weighted by molar-refractivity contribution is 7.92. The summed E-state index contributed by atoms with van der Waals surface area (Å²) in [7, 11) is -2.23. The first-order valence-corrected chi connectivity index (χ1v) is 11.9. The standard InChI is InChI=1S/C22H28N2O6S/c1-5-19(24(31(4,26)27)17-7-6-8-18(14-17)28-3)22(25)23-15(2)16-9-10-20-21(13-16)30-12-11-29-20/h6-10,13-15,19H,5,11-12H2,1-4H3,(H,23,25). The summed E-state index contributed by atoms with van der Waals surface area (Å²) < 4.78 is 42.8. The molecule has 3 rings (SSSR count). The predicted molar refractivity (Wildman–Crippen MR) is 118 cm³/mol. The number of hydrogen-bond acceptors (Lipinski definition) is 6. The molecule has 0 radical (unpaired) electrons. The molecular weight excluding hydrogens is 420 g/mol. The van der Waals surface area contributed by atoms with E-state index in [1.807, 2.05) is 25.1 Å². The highest BCUT2D eigenvalue weighted by Crippen LogP contribution is 2.33. The molecule has 1 amide bonds. The molecule has 0 aromatic heterocycles. The zero-order valence-corrected chi connectivity index (χ0v) is 18.9. The van der Waals surface area contributed by atoms with Gasteiger partial charge in [-0.15, -0.1) is 0 Å². The summed E-state index contributed by atoms with van der Waals surface area (Å²) in [5.41, 5.74) is 1.20. The van der Waals surface area contributed by atoms with Gasteiger partial charge in [0, 0.05) is 6.07 Å². The first-order valence-electron chi connectivity index (χ1n) is 10.1. The second-order valence-electron chi connectivity index (χ2n) is 7.32. The van der Waals surface area contributed by atoms with E-state index in [1.165, 1.54) is 7.11 Å². The summed E-state index contributed by atoms with van der Waals surface area (Å²) in [6.07, 6.45) is 1.39. The molecule has 0 saturated carbocycles. The van der Waals surface area contributed by atoms with Crippen LogP contribution in [0.15, 0.2) is 42.5 Å². The molecule has 1 aliphatic heterocycles. The molecule has 9 heteroatoms. The van der Waals surface area contributed by atoms with Crippen LogP contribution in [0, 0.1) is 0 Å². The van der Waals surface area contributed by atoms with E-state index in [-0.39, 0.29) is 6.04 Å². The van der Waals surface area contributed by atoms with Gasteiger partial charge in [0.05, 0.1) is 25.1 Å². The van der Waals surface area contributed by atoms with Crippen LogP contribution in [-0.2, 0) is 14.8 Å². The molecule has 2 aromatic rings. The van der Waals surface area contributed by atoms with Crippen molar-refractivity contribution in [2.24, 2.45) is 0 Å². The minimum Gasteiger partial charge on any atom is -0.497 e. The van der Waals surface area contributed by atoms with Gasteiger partial charge < -0.3 is 19.5 Å². The second kappa shape index (κ2) is 9.47. The van der Waals surface area contributed by atoms with Gasteiger partial charge in [-0.05, 0) is 43.2 Å². The smallest absolute Gasteiger partial charge is 0.244 e. The summed E-state index contributed by atoms with van der Waals surface area (Å²) in [6.45, 7) is 4.59. The molecule has 2 unspecified atom stereocenters. The molecule has 0 fully saturated rings. The van der Waals surface area contributed by atoms with Gasteiger partial charge in [0.25, 0.3) is 0 Å². The lowest BCUT2D eigenvalue weighted by molar-refractivity contribution is -0.122. The van der Waals surface area contributed by atoms with Crippen molar-refractivity contribution in [2.45, 2.75) is 32.4 Å². The highest BCUT2D eigenvalue weighted by Gasteiger charge is 2.32. The van der Waals surface area contributed by atoms with Crippen LogP contribution >= 0.6 is 0 Å². The number of carbonyl (C=O) groups excluding carboxylic acids is 1. The summed E-state index contributed by atoms with van der Waals surface area (Å²) in [6, 6.07) is 10.9. The Balaban J connectivity index is 1.84. The van der Waals surface area contributed by atoms with Crippen molar-refractivity contribution in [1.29, 1.82) is 0 Å². The van der Waals surface area contributed by atoms with Gasteiger partial charge in [-0.2, -0.15) is 0 Å². The predicted octanol–water partition coefficient (Wildman–Crippen LogP) is 2.89. The Morgan fingerprint density at radius 1 is 1.16 bits per heavy atom. The summed E-state index contributed by atoms with van der Waals surface area (Å²) in [4.78, 5) is 13.2. The SMILES string of the molecule is CCC(C(=O)NC(C)c1ccc2c(c1)OCCO2)N(c1cccc(OC)c1)S(C)(=O)=O. The van der Waals surface area contributed by atoms with Crippen molar-refractivity contribution in [3.63, 3.8) is 0 Å². The molecule has 0 bridgehead atoms. The van der Waals surface area contributed by atoms with E-state index in [2.05, 4.69) is 5.32 Å². The van der Waals surface area contributed by atoms with Crippen LogP contribution < -0.4 is 23.8 Å². The Labute approximate surface area is 183 Å². The lowest BCUT2D eigenvalue weighted by Gasteiger charge is -2.31. The average Bonchev–Trinajstić information content (AvgIpc) is 2.75. The number of ether oxygens (including phenoxy) is 3. The molecule has 0 aliphatic carbocycles. The quantitative estimate of drug-likeness (QED) is 0.667. The van der Waals surface area contributed by atoms with E-state index < -0.39 is 22.0 Å². The number of fused-ring (bicyclic) bond motifs is 1. The molecule has 1 N–H and O–H groups in total. The van der Waals surface area contributed by atoms with E-state index >= 15 is 0 Å². The zero-order chi connectivity index (χ0) is 22.6. The summed E-state index contributed by atoms with van der Waals surface area (Å²) in [5, 5.41) is 2.93. The zero-order valence-electron chi connectivity index (χ0n) is 18.1. The number of carbonyl (C=O) groups is 1. The number of nitrogens with one attached hydrogen (secondary N) is 1. The first kappa shape index (κ1) is 22.7. The Hall–Kier alpha value is -2.94. The first-order chi connectivity index (χ1) is 14.7. The number of sulfonamides is 1. The molecule has 0 spiro atoms. The van der Waals surface area contributed by atoms with Crippen LogP contribution in [0.3, 0.4) is 0 Å². The number of nitrogens with zero attached hydrogens (tertiary/aromatic N) is 1. The third kappa shape index (κ3) is 5.22. The van der Waals surface area contributed by atoms with Crippen molar-refractivity contribution in [3.8, 4) is 17.2 Å². The fraction of sp³-hybridized carbons (Fsp3) is 0.409. The molecule has 168 valence electrons. The maximum Gasteiger partial charge on any atom is 0.244 e. The van der Waals surface area contributed by atoms with Crippen LogP contribution in [0.25, 0.3) is 0 Å². The largest absolute Gasteiger partial charge is 0.497 e. The third-order valence-electron chi connectivity index (χ3n) is 5.06. The molecule has 1 aliphatic rings. The van der Waals surface area contributed by atoms with E-state index in [0.717, 1.165) is 16.1 Å². The van der Waals surface area contributed by atoms with Crippen molar-refractivity contribution >= 4 is 21.6 Å². The van der Waals surface area contributed by atoms with Gasteiger partial charge in [-0.3, -0.25) is 9.10 Å². The minimum atomic E-state index is -3.73. The Morgan fingerprint density at radius 2 is 1.87 bits per heavy atom. The monoisotopic (exact) mass is 448 g/mol. The van der Waals surface area contributed by atoms with E-state index in [0.29, 0.717) is 42.6 Å². The Bertz CT molecular complexity index is 1040. The molecule has 0 saturated heterocycles. The Morgan fingerprint density at radius 3 is 2.52 bits per heavy atom. The summed E-state index contributed by atoms with van der Waals surface area (Å²) >= 11 is 0. The second-order valence-corrected chi connectivity index (χ2v) is 9.18. The van der Waals surface area contributed by atoms with Gasteiger partial charge in [0.2, 0.25) is 15.9 Å². The van der Waals surface area contributed by atoms with Crippen LogP contribution in [0.4, 0.5) is 5.69 Å². The van der Waals surface area contributed by atoms with Crippen LogP contribution in [0.5, 0.6) is 17.2 Å². The molecule has 31 heavy (non-hydrogen) atoms. The fourth-order valence-corrected chi connectivity index (χ4v) is 4.73. The van der Waals surface area contributed by atoms with Gasteiger partial charge in [0.1, 0.15) is 25.0 Å². The number of amides is 1. The number of benzene rings is 2. The maximum absolute atomic E-state index is 13.2. The summed E-state index contributed by atoms with van der Waals surface area (Å²) in [5.74, 6) is 1.41. The lowest BCUT2D eigenvalue weighted by Crippen LogP contribution is -2.49. The van der Waals surface area contributed by atoms with Crippen LogP contribution in [0.2, 0.25) is 0 Å². The normalized spacial score (nSPS) is 15.0. The fourth-order valence-electron chi connectivity index (χ4n) is 3.53. The third-order valence-corrected chi connectivity index (χ3v) is 6.24. The van der Waals surface area contributed by atoms with Crippen LogP contribution in [-0.4, -0.2) is 46.9 Å². The molecule has 8 nitrogen and oxygen atoms in total. The van der Waals surface area contributed by atoms with Crippen molar-refractivity contribution in [2.75, 3.05) is 30.9 Å². The van der Waals surface area contributed by atoms with Gasteiger partial charge in [-0.1, -0.05) is 19.1 Å². The lowest BCUT2D eigenvalue weighted by atomic mass is 10.1. The minimum absolute atomic E-state index is 0.296. The molecule has 2 atom stereocenters. The van der Waals surface area contributed by atoms with Crippen LogP contribution in [0.1, 0.15) is 31.9 Å². The topological polar surface area (TPSA) is 94.2 Å². The van der Waals surface area contributed by atoms with Gasteiger partial charge >= 0.3 is 0 Å². The van der Waals surface area contributed by atoms with E-state index in [4.69, 9.17) is 14.2 Å². The average molecular weight is 449 g/mol. The maximum atomic E-state index is 13.2. The highest BCUT2D eigenvalue weighted by atomic mass is 32.2.